The SMILES string of the molecule is COC(=O)C1=C(C(=O)OC)N(c2cc(C(F)(F)F)cc3c2Oc2ccccc2O3)C(N)=C(C#N)C1c1ccccc1. The molecule has 0 fully saturated rings. The summed E-state index contributed by atoms with van der Waals surface area (Å²) in [4.78, 5) is 27.5. The van der Waals surface area contributed by atoms with Crippen LogP contribution in [0.5, 0.6) is 23.0 Å². The zero-order valence-electron chi connectivity index (χ0n) is 21.5. The normalized spacial score (nSPS) is 16.1. The molecule has 0 spiro atoms. The molecule has 3 aromatic rings. The van der Waals surface area contributed by atoms with Crippen molar-refractivity contribution in [2.45, 2.75) is 12.1 Å². The lowest BCUT2D eigenvalue weighted by Crippen LogP contribution is -2.41. The fourth-order valence-corrected chi connectivity index (χ4v) is 4.71. The van der Waals surface area contributed by atoms with Gasteiger partial charge in [0.25, 0.3) is 0 Å². The van der Waals surface area contributed by atoms with Gasteiger partial charge in [0.2, 0.25) is 0 Å². The van der Waals surface area contributed by atoms with Gasteiger partial charge in [0, 0.05) is 0 Å². The van der Waals surface area contributed by atoms with Gasteiger partial charge in [-0.1, -0.05) is 42.5 Å². The Kier molecular flexibility index (Phi) is 6.80. The summed E-state index contributed by atoms with van der Waals surface area (Å²) in [7, 11) is 2.08. The van der Waals surface area contributed by atoms with Crippen LogP contribution in [-0.2, 0) is 25.2 Å². The molecule has 2 N–H and O–H groups in total. The van der Waals surface area contributed by atoms with Gasteiger partial charge >= 0.3 is 18.1 Å². The molecule has 5 rings (SSSR count). The quantitative estimate of drug-likeness (QED) is 0.321. The highest BCUT2D eigenvalue weighted by atomic mass is 19.4. The van der Waals surface area contributed by atoms with E-state index in [1.165, 1.54) is 12.1 Å². The number of nitrogens with zero attached hydrogens (tertiary/aromatic N) is 2. The second kappa shape index (κ2) is 10.3. The molecule has 2 aliphatic heterocycles. The molecule has 0 radical (unpaired) electrons. The maximum atomic E-state index is 14.1. The number of hydrogen-bond acceptors (Lipinski definition) is 9. The summed E-state index contributed by atoms with van der Waals surface area (Å²) in [5, 5.41) is 10.2. The lowest BCUT2D eigenvalue weighted by molar-refractivity contribution is -0.139. The van der Waals surface area contributed by atoms with E-state index in [0.29, 0.717) is 11.6 Å². The van der Waals surface area contributed by atoms with Crippen LogP contribution in [0.4, 0.5) is 18.9 Å². The molecule has 3 aromatic carbocycles. The van der Waals surface area contributed by atoms with Gasteiger partial charge in [0.1, 0.15) is 11.5 Å². The average Bonchev–Trinajstić information content (AvgIpc) is 2.98. The second-order valence-corrected chi connectivity index (χ2v) is 8.81. The number of halogens is 3. The number of rotatable bonds is 4. The summed E-state index contributed by atoms with van der Waals surface area (Å²) < 4.78 is 64.0. The van der Waals surface area contributed by atoms with Gasteiger partial charge in [-0.3, -0.25) is 4.90 Å². The summed E-state index contributed by atoms with van der Waals surface area (Å²) in [6, 6.07) is 17.8. The van der Waals surface area contributed by atoms with Crippen LogP contribution in [0, 0.1) is 11.3 Å². The number of benzene rings is 3. The van der Waals surface area contributed by atoms with Crippen molar-refractivity contribution in [3.63, 3.8) is 0 Å². The van der Waals surface area contributed by atoms with Crippen LogP contribution in [0.25, 0.3) is 0 Å². The summed E-state index contributed by atoms with van der Waals surface area (Å²) in [6.45, 7) is 0. The number of methoxy groups -OCH3 is 2. The molecule has 12 heteroatoms. The Balaban J connectivity index is 1.87. The van der Waals surface area contributed by atoms with E-state index in [1.807, 2.05) is 6.07 Å². The predicted octanol–water partition coefficient (Wildman–Crippen LogP) is 5.50. The maximum absolute atomic E-state index is 14.1. The van der Waals surface area contributed by atoms with Crippen molar-refractivity contribution in [3.05, 3.63) is 101 Å². The highest BCUT2D eigenvalue weighted by Gasteiger charge is 2.45. The highest BCUT2D eigenvalue weighted by Crippen LogP contribution is 2.54. The lowest BCUT2D eigenvalue weighted by atomic mass is 9.81. The van der Waals surface area contributed by atoms with E-state index in [-0.39, 0.29) is 34.1 Å². The summed E-state index contributed by atoms with van der Waals surface area (Å²) >= 11 is 0. The average molecular weight is 563 g/mol. The molecule has 0 saturated heterocycles. The summed E-state index contributed by atoms with van der Waals surface area (Å²) in [6.07, 6.45) is -4.87. The Morgan fingerprint density at radius 2 is 1.54 bits per heavy atom. The number of nitrogens with two attached hydrogens (primary N) is 1. The van der Waals surface area contributed by atoms with Crippen molar-refractivity contribution in [2.75, 3.05) is 19.1 Å². The number of esters is 2. The first kappa shape index (κ1) is 27.1. The smallest absolute Gasteiger partial charge is 0.416 e. The van der Waals surface area contributed by atoms with Gasteiger partial charge in [-0.25, -0.2) is 9.59 Å². The van der Waals surface area contributed by atoms with Crippen molar-refractivity contribution in [2.24, 2.45) is 5.73 Å². The zero-order chi connectivity index (χ0) is 29.5. The molecular weight excluding hydrogens is 543 g/mol. The topological polar surface area (TPSA) is 124 Å². The van der Waals surface area contributed by atoms with E-state index >= 15 is 0 Å². The van der Waals surface area contributed by atoms with Crippen LogP contribution < -0.4 is 20.1 Å². The number of allylic oxidation sites excluding steroid dienone is 1. The van der Waals surface area contributed by atoms with E-state index in [4.69, 9.17) is 24.7 Å². The molecule has 1 atom stereocenters. The standard InChI is InChI=1S/C29H20F3N3O6/c1-38-27(36)23-22(15-8-4-3-5-9-15)17(14-33)26(34)35(24(23)28(37)39-2)18-12-16(29(30,31)32)13-21-25(18)41-20-11-7-6-10-19(20)40-21/h3-13,22H,34H2,1-2H3. The van der Waals surface area contributed by atoms with Crippen LogP contribution in [0.1, 0.15) is 17.0 Å². The molecule has 2 heterocycles. The van der Waals surface area contributed by atoms with Crippen molar-refractivity contribution in [1.29, 1.82) is 5.26 Å². The largest absolute Gasteiger partial charge is 0.466 e. The molecule has 208 valence electrons. The van der Waals surface area contributed by atoms with E-state index < -0.39 is 46.8 Å². The van der Waals surface area contributed by atoms with Crippen LogP contribution >= 0.6 is 0 Å². The number of nitriles is 1. The fourth-order valence-electron chi connectivity index (χ4n) is 4.71. The molecule has 2 aliphatic rings. The third-order valence-corrected chi connectivity index (χ3v) is 6.49. The summed E-state index contributed by atoms with van der Waals surface area (Å²) in [5.41, 5.74) is 4.11. The Labute approximate surface area is 231 Å². The number of alkyl halides is 3. The van der Waals surface area contributed by atoms with Crippen molar-refractivity contribution in [1.82, 2.24) is 0 Å². The van der Waals surface area contributed by atoms with Gasteiger partial charge in [-0.05, 0) is 29.8 Å². The van der Waals surface area contributed by atoms with Crippen LogP contribution in [0.3, 0.4) is 0 Å². The highest BCUT2D eigenvalue weighted by molar-refractivity contribution is 6.07. The van der Waals surface area contributed by atoms with E-state index in [0.717, 1.165) is 25.2 Å². The predicted molar refractivity (Wildman–Crippen MR) is 138 cm³/mol. The second-order valence-electron chi connectivity index (χ2n) is 8.81. The number of para-hydroxylation sites is 2. The third kappa shape index (κ3) is 4.57. The molecule has 0 saturated carbocycles. The molecule has 0 bridgehead atoms. The summed E-state index contributed by atoms with van der Waals surface area (Å²) in [5.74, 6) is -4.08. The van der Waals surface area contributed by atoms with Crippen molar-refractivity contribution >= 4 is 17.6 Å². The molecule has 41 heavy (non-hydrogen) atoms. The minimum Gasteiger partial charge on any atom is -0.466 e. The van der Waals surface area contributed by atoms with Gasteiger partial charge in [-0.15, -0.1) is 0 Å². The molecule has 0 aromatic heterocycles. The van der Waals surface area contributed by atoms with Gasteiger partial charge in [0.05, 0.1) is 48.6 Å². The number of hydrogen-bond donors (Lipinski definition) is 1. The van der Waals surface area contributed by atoms with E-state index in [1.54, 1.807) is 42.5 Å². The fraction of sp³-hybridized carbons (Fsp3) is 0.138. The first-order valence-corrected chi connectivity index (χ1v) is 12.0. The zero-order valence-corrected chi connectivity index (χ0v) is 21.5. The van der Waals surface area contributed by atoms with Crippen molar-refractivity contribution in [3.8, 4) is 29.1 Å². The first-order chi connectivity index (χ1) is 19.6. The van der Waals surface area contributed by atoms with Crippen LogP contribution in [-0.4, -0.2) is 26.2 Å². The number of anilines is 1. The molecule has 1 unspecified atom stereocenters. The van der Waals surface area contributed by atoms with Crippen molar-refractivity contribution < 1.29 is 41.7 Å². The number of carbonyl (C=O) groups excluding carboxylic acids is 2. The van der Waals surface area contributed by atoms with Crippen LogP contribution in [0.15, 0.2) is 89.4 Å². The molecule has 9 nitrogen and oxygen atoms in total. The minimum atomic E-state index is -4.87. The Hall–Kier alpha value is -5.44. The Morgan fingerprint density at radius 3 is 2.12 bits per heavy atom. The molecular formula is C29H20F3N3O6. The number of ether oxygens (including phenoxy) is 4. The van der Waals surface area contributed by atoms with Gasteiger partial charge < -0.3 is 24.7 Å². The first-order valence-electron chi connectivity index (χ1n) is 12.0. The maximum Gasteiger partial charge on any atom is 0.416 e. The minimum absolute atomic E-state index is 0.147. The van der Waals surface area contributed by atoms with E-state index in [9.17, 15) is 28.0 Å². The number of carbonyl (C=O) groups is 2. The lowest BCUT2D eigenvalue weighted by Gasteiger charge is -2.37. The number of fused-ring (bicyclic) bond motifs is 2. The van der Waals surface area contributed by atoms with Gasteiger partial charge in [-0.2, -0.15) is 18.4 Å². The monoisotopic (exact) mass is 563 g/mol. The van der Waals surface area contributed by atoms with Crippen LogP contribution in [0.2, 0.25) is 0 Å². The Morgan fingerprint density at radius 1 is 0.927 bits per heavy atom. The molecule has 0 amide bonds. The third-order valence-electron chi connectivity index (χ3n) is 6.49. The Bertz CT molecular complexity index is 1680. The van der Waals surface area contributed by atoms with E-state index in [2.05, 4.69) is 0 Å². The van der Waals surface area contributed by atoms with Gasteiger partial charge in [0.15, 0.2) is 23.0 Å². The molecule has 0 aliphatic carbocycles.